The highest BCUT2D eigenvalue weighted by atomic mass is 32.2. The maximum absolute atomic E-state index is 12.3. The third kappa shape index (κ3) is 3.11. The first-order valence-corrected chi connectivity index (χ1v) is 8.36. The maximum atomic E-state index is 12.3. The Bertz CT molecular complexity index is 509. The SMILES string of the molecule is CC(=O)N1C(=O)N(C(C)=O)[C@H]2CS[C@@H](CCCCC(=O)O)[C@H]21. The third-order valence-corrected chi connectivity index (χ3v) is 5.58. The van der Waals surface area contributed by atoms with Crippen LogP contribution in [0.4, 0.5) is 4.79 Å². The molecule has 0 bridgehead atoms. The number of carbonyl (C=O) groups is 4. The van der Waals surface area contributed by atoms with Gasteiger partial charge in [-0.05, 0) is 12.8 Å². The molecule has 2 aliphatic rings. The number of imide groups is 2. The van der Waals surface area contributed by atoms with Gasteiger partial charge in [0.2, 0.25) is 11.8 Å². The number of carboxylic acids is 1. The molecule has 4 amide bonds. The summed E-state index contributed by atoms with van der Waals surface area (Å²) in [5.74, 6) is -0.873. The molecule has 0 radical (unpaired) electrons. The van der Waals surface area contributed by atoms with Crippen molar-refractivity contribution < 1.29 is 24.3 Å². The standard InChI is InChI=1S/C14H20N2O5S/c1-8(17)15-10-7-22-11(5-3-4-6-12(19)20)13(10)16(9(2)18)14(15)21/h10-11,13H,3-7H2,1-2H3,(H,19,20)/t10-,11-,13-/m0/s1. The van der Waals surface area contributed by atoms with E-state index in [2.05, 4.69) is 0 Å². The van der Waals surface area contributed by atoms with E-state index >= 15 is 0 Å². The molecule has 0 aromatic rings. The van der Waals surface area contributed by atoms with Gasteiger partial charge in [0, 0.05) is 31.3 Å². The van der Waals surface area contributed by atoms with Crippen LogP contribution in [-0.2, 0) is 14.4 Å². The molecule has 0 saturated carbocycles. The molecular weight excluding hydrogens is 308 g/mol. The van der Waals surface area contributed by atoms with Gasteiger partial charge in [-0.1, -0.05) is 6.42 Å². The number of rotatable bonds is 5. The van der Waals surface area contributed by atoms with E-state index in [9.17, 15) is 19.2 Å². The van der Waals surface area contributed by atoms with E-state index in [0.717, 1.165) is 12.8 Å². The van der Waals surface area contributed by atoms with Crippen molar-refractivity contribution in [3.8, 4) is 0 Å². The Morgan fingerprint density at radius 2 is 1.82 bits per heavy atom. The molecule has 2 rings (SSSR count). The topological polar surface area (TPSA) is 95.0 Å². The molecule has 0 unspecified atom stereocenters. The molecule has 0 aromatic heterocycles. The summed E-state index contributed by atoms with van der Waals surface area (Å²) in [6.45, 7) is 2.67. The Labute approximate surface area is 133 Å². The first-order valence-electron chi connectivity index (χ1n) is 7.31. The first kappa shape index (κ1) is 16.8. The Morgan fingerprint density at radius 3 is 2.36 bits per heavy atom. The average molecular weight is 328 g/mol. The van der Waals surface area contributed by atoms with Gasteiger partial charge in [-0.25, -0.2) is 4.79 Å². The normalized spacial score (nSPS) is 27.2. The van der Waals surface area contributed by atoms with Crippen LogP contribution >= 0.6 is 11.8 Å². The van der Waals surface area contributed by atoms with E-state index in [1.165, 1.54) is 23.6 Å². The van der Waals surface area contributed by atoms with E-state index in [4.69, 9.17) is 5.11 Å². The number of aliphatic carboxylic acids is 1. The molecule has 22 heavy (non-hydrogen) atoms. The van der Waals surface area contributed by atoms with E-state index in [1.54, 1.807) is 11.8 Å². The number of unbranched alkanes of at least 4 members (excludes halogenated alkanes) is 1. The van der Waals surface area contributed by atoms with E-state index < -0.39 is 12.0 Å². The minimum Gasteiger partial charge on any atom is -0.481 e. The van der Waals surface area contributed by atoms with Crippen molar-refractivity contribution in [2.75, 3.05) is 5.75 Å². The number of carboxylic acid groups (broad SMARTS) is 1. The molecular formula is C14H20N2O5S. The Balaban J connectivity index is 2.07. The van der Waals surface area contributed by atoms with Gasteiger partial charge in [0.05, 0.1) is 12.1 Å². The van der Waals surface area contributed by atoms with Crippen molar-refractivity contribution in [2.24, 2.45) is 0 Å². The van der Waals surface area contributed by atoms with Crippen LogP contribution in [0.5, 0.6) is 0 Å². The fourth-order valence-electron chi connectivity index (χ4n) is 3.21. The molecule has 2 saturated heterocycles. The smallest absolute Gasteiger partial charge is 0.334 e. The number of amides is 4. The number of hydrogen-bond acceptors (Lipinski definition) is 5. The lowest BCUT2D eigenvalue weighted by Crippen LogP contribution is -2.43. The molecule has 0 aromatic carbocycles. The monoisotopic (exact) mass is 328 g/mol. The molecule has 2 heterocycles. The molecule has 0 aliphatic carbocycles. The highest BCUT2D eigenvalue weighted by molar-refractivity contribution is 8.00. The van der Waals surface area contributed by atoms with Crippen molar-refractivity contribution in [2.45, 2.75) is 56.9 Å². The second-order valence-corrected chi connectivity index (χ2v) is 6.90. The molecule has 2 fully saturated rings. The van der Waals surface area contributed by atoms with Crippen molar-refractivity contribution in [1.82, 2.24) is 9.80 Å². The largest absolute Gasteiger partial charge is 0.481 e. The lowest BCUT2D eigenvalue weighted by atomic mass is 10.0. The fourth-order valence-corrected chi connectivity index (χ4v) is 4.83. The van der Waals surface area contributed by atoms with Crippen LogP contribution in [0.3, 0.4) is 0 Å². The molecule has 122 valence electrons. The lowest BCUT2D eigenvalue weighted by molar-refractivity contribution is -0.137. The molecule has 1 N–H and O–H groups in total. The van der Waals surface area contributed by atoms with E-state index in [0.29, 0.717) is 12.2 Å². The van der Waals surface area contributed by atoms with Crippen LogP contribution in [0.1, 0.15) is 39.5 Å². The minimum absolute atomic E-state index is 0.0657. The van der Waals surface area contributed by atoms with Crippen LogP contribution in [0.2, 0.25) is 0 Å². The van der Waals surface area contributed by atoms with E-state index in [1.807, 2.05) is 0 Å². The summed E-state index contributed by atoms with van der Waals surface area (Å²) in [6, 6.07) is -1.07. The number of fused-ring (bicyclic) bond motifs is 1. The zero-order valence-electron chi connectivity index (χ0n) is 12.7. The summed E-state index contributed by atoms with van der Waals surface area (Å²) >= 11 is 1.65. The summed E-state index contributed by atoms with van der Waals surface area (Å²) < 4.78 is 0. The number of urea groups is 1. The summed E-state index contributed by atoms with van der Waals surface area (Å²) in [5.41, 5.74) is 0. The summed E-state index contributed by atoms with van der Waals surface area (Å²) in [5, 5.41) is 8.72. The van der Waals surface area contributed by atoms with Crippen LogP contribution < -0.4 is 0 Å². The molecule has 7 nitrogen and oxygen atoms in total. The van der Waals surface area contributed by atoms with Gasteiger partial charge < -0.3 is 5.11 Å². The summed E-state index contributed by atoms with van der Waals surface area (Å²) in [4.78, 5) is 48.7. The molecule has 3 atom stereocenters. The van der Waals surface area contributed by atoms with Gasteiger partial charge in [0.1, 0.15) is 0 Å². The van der Waals surface area contributed by atoms with Gasteiger partial charge >= 0.3 is 12.0 Å². The third-order valence-electron chi connectivity index (χ3n) is 4.11. The lowest BCUT2D eigenvalue weighted by Gasteiger charge is -2.24. The highest BCUT2D eigenvalue weighted by Gasteiger charge is 2.55. The van der Waals surface area contributed by atoms with Crippen molar-refractivity contribution in [3.05, 3.63) is 0 Å². The minimum atomic E-state index is -0.818. The quantitative estimate of drug-likeness (QED) is 0.604. The number of carbonyl (C=O) groups excluding carboxylic acids is 3. The van der Waals surface area contributed by atoms with Crippen molar-refractivity contribution in [3.63, 3.8) is 0 Å². The second kappa shape index (κ2) is 6.68. The average Bonchev–Trinajstić information content (AvgIpc) is 2.90. The molecule has 8 heteroatoms. The predicted molar refractivity (Wildman–Crippen MR) is 80.4 cm³/mol. The zero-order chi connectivity index (χ0) is 16.4. The van der Waals surface area contributed by atoms with Gasteiger partial charge in [-0.2, -0.15) is 11.8 Å². The van der Waals surface area contributed by atoms with Gasteiger partial charge in [-0.3, -0.25) is 24.2 Å². The molecule has 2 aliphatic heterocycles. The van der Waals surface area contributed by atoms with E-state index in [-0.39, 0.29) is 35.6 Å². The predicted octanol–water partition coefficient (Wildman–Crippen LogP) is 1.31. The van der Waals surface area contributed by atoms with Crippen molar-refractivity contribution >= 4 is 35.6 Å². The first-order chi connectivity index (χ1) is 10.3. The van der Waals surface area contributed by atoms with Crippen LogP contribution in [-0.4, -0.2) is 61.8 Å². The van der Waals surface area contributed by atoms with Crippen LogP contribution in [0.15, 0.2) is 0 Å². The number of hydrogen-bond donors (Lipinski definition) is 1. The van der Waals surface area contributed by atoms with Gasteiger partial charge in [-0.15, -0.1) is 0 Å². The fraction of sp³-hybridized carbons (Fsp3) is 0.714. The van der Waals surface area contributed by atoms with Crippen LogP contribution in [0.25, 0.3) is 0 Å². The zero-order valence-corrected chi connectivity index (χ0v) is 13.5. The Kier molecular flexibility index (Phi) is 5.10. The van der Waals surface area contributed by atoms with Crippen molar-refractivity contribution in [1.29, 1.82) is 0 Å². The van der Waals surface area contributed by atoms with Gasteiger partial charge in [0.15, 0.2) is 0 Å². The summed E-state index contributed by atoms with van der Waals surface area (Å²) in [6.07, 6.45) is 2.17. The molecule has 0 spiro atoms. The number of thioether (sulfide) groups is 1. The summed E-state index contributed by atoms with van der Waals surface area (Å²) in [7, 11) is 0. The number of nitrogens with zero attached hydrogens (tertiary/aromatic N) is 2. The van der Waals surface area contributed by atoms with Gasteiger partial charge in [0.25, 0.3) is 0 Å². The second-order valence-electron chi connectivity index (χ2n) is 5.63. The Morgan fingerprint density at radius 1 is 1.18 bits per heavy atom. The Hall–Kier alpha value is -1.57. The van der Waals surface area contributed by atoms with Crippen LogP contribution in [0, 0.1) is 0 Å². The maximum Gasteiger partial charge on any atom is 0.334 e. The highest BCUT2D eigenvalue weighted by Crippen LogP contribution is 2.41.